The van der Waals surface area contributed by atoms with E-state index in [-0.39, 0.29) is 0 Å². The highest BCUT2D eigenvalue weighted by Crippen LogP contribution is 1.94. The first-order valence-corrected chi connectivity index (χ1v) is 4.21. The van der Waals surface area contributed by atoms with Gasteiger partial charge in [-0.25, -0.2) is 0 Å². The second-order valence-electron chi connectivity index (χ2n) is 2.49. The van der Waals surface area contributed by atoms with Gasteiger partial charge in [0, 0.05) is 6.61 Å². The highest BCUT2D eigenvalue weighted by molar-refractivity contribution is 5.10. The van der Waals surface area contributed by atoms with Crippen molar-refractivity contribution in [3.8, 4) is 0 Å². The summed E-state index contributed by atoms with van der Waals surface area (Å²) in [6.07, 6.45) is 7.40. The van der Waals surface area contributed by atoms with Gasteiger partial charge < -0.3 is 4.74 Å². The van der Waals surface area contributed by atoms with E-state index in [2.05, 4.69) is 32.1 Å². The van der Waals surface area contributed by atoms with E-state index in [4.69, 9.17) is 4.74 Å². The van der Waals surface area contributed by atoms with Crippen LogP contribution >= 0.6 is 0 Å². The number of allylic oxidation sites excluding steroid dienone is 3. The van der Waals surface area contributed by atoms with Crippen LogP contribution in [0.15, 0.2) is 23.8 Å². The second kappa shape index (κ2) is 7.55. The molecule has 0 unspecified atom stereocenters. The normalized spacial score (nSPS) is 12.8. The van der Waals surface area contributed by atoms with Crippen molar-refractivity contribution in [1.29, 1.82) is 0 Å². The monoisotopic (exact) mass is 154 g/mol. The topological polar surface area (TPSA) is 9.23 Å². The highest BCUT2D eigenvalue weighted by atomic mass is 16.5. The van der Waals surface area contributed by atoms with Crippen LogP contribution in [0.3, 0.4) is 0 Å². The third-order valence-electron chi connectivity index (χ3n) is 1.29. The first-order valence-electron chi connectivity index (χ1n) is 4.21. The number of rotatable bonds is 5. The van der Waals surface area contributed by atoms with Crippen molar-refractivity contribution in [1.82, 2.24) is 0 Å². The molecule has 0 aliphatic carbocycles. The van der Waals surface area contributed by atoms with Crippen molar-refractivity contribution in [2.75, 3.05) is 13.2 Å². The Balaban J connectivity index is 3.53. The van der Waals surface area contributed by atoms with Crippen molar-refractivity contribution < 1.29 is 4.74 Å². The van der Waals surface area contributed by atoms with E-state index in [9.17, 15) is 0 Å². The standard InChI is InChI=1S/C10H18O/c1-4-6-7-8-10(3)9-11-5-2/h6-8H,4-5,9H2,1-3H3/b7-6-,10-8-. The van der Waals surface area contributed by atoms with Gasteiger partial charge in [-0.15, -0.1) is 0 Å². The first-order chi connectivity index (χ1) is 5.31. The molecule has 0 bridgehead atoms. The molecule has 0 rings (SSSR count). The third kappa shape index (κ3) is 7.34. The maximum atomic E-state index is 5.22. The fourth-order valence-electron chi connectivity index (χ4n) is 0.680. The summed E-state index contributed by atoms with van der Waals surface area (Å²) in [5.74, 6) is 0. The molecule has 0 spiro atoms. The average Bonchev–Trinajstić information content (AvgIpc) is 2.01. The largest absolute Gasteiger partial charge is 0.377 e. The molecule has 0 aliphatic heterocycles. The summed E-state index contributed by atoms with van der Waals surface area (Å²) < 4.78 is 5.22. The zero-order chi connectivity index (χ0) is 8.53. The van der Waals surface area contributed by atoms with E-state index in [0.29, 0.717) is 0 Å². The SMILES string of the molecule is CC/C=C\C=C(\C)COCC. The fraction of sp³-hybridized carbons (Fsp3) is 0.600. The summed E-state index contributed by atoms with van der Waals surface area (Å²) in [5, 5.41) is 0. The van der Waals surface area contributed by atoms with Gasteiger partial charge >= 0.3 is 0 Å². The maximum Gasteiger partial charge on any atom is 0.0676 e. The van der Waals surface area contributed by atoms with Crippen molar-refractivity contribution in [2.24, 2.45) is 0 Å². The van der Waals surface area contributed by atoms with Gasteiger partial charge in [-0.05, 0) is 25.8 Å². The van der Waals surface area contributed by atoms with Gasteiger partial charge in [-0.1, -0.05) is 25.2 Å². The molecular formula is C10H18O. The molecule has 64 valence electrons. The van der Waals surface area contributed by atoms with Crippen LogP contribution in [0, 0.1) is 0 Å². The van der Waals surface area contributed by atoms with Gasteiger partial charge in [0.2, 0.25) is 0 Å². The summed E-state index contributed by atoms with van der Waals surface area (Å²) in [7, 11) is 0. The van der Waals surface area contributed by atoms with Gasteiger partial charge in [0.25, 0.3) is 0 Å². The minimum atomic E-state index is 0.755. The highest BCUT2D eigenvalue weighted by Gasteiger charge is 1.84. The predicted molar refractivity (Wildman–Crippen MR) is 49.7 cm³/mol. The van der Waals surface area contributed by atoms with E-state index >= 15 is 0 Å². The van der Waals surface area contributed by atoms with Crippen LogP contribution in [0.4, 0.5) is 0 Å². The van der Waals surface area contributed by atoms with Gasteiger partial charge in [0.15, 0.2) is 0 Å². The molecule has 0 saturated carbocycles. The van der Waals surface area contributed by atoms with Gasteiger partial charge in [-0.2, -0.15) is 0 Å². The Hall–Kier alpha value is -0.560. The van der Waals surface area contributed by atoms with Crippen LogP contribution in [0.1, 0.15) is 27.2 Å². The molecule has 0 aromatic rings. The third-order valence-corrected chi connectivity index (χ3v) is 1.29. The molecule has 0 radical (unpaired) electrons. The molecule has 0 aromatic carbocycles. The van der Waals surface area contributed by atoms with Crippen LogP contribution in [0.25, 0.3) is 0 Å². The van der Waals surface area contributed by atoms with E-state index in [1.807, 2.05) is 6.92 Å². The average molecular weight is 154 g/mol. The van der Waals surface area contributed by atoms with E-state index in [1.165, 1.54) is 5.57 Å². The van der Waals surface area contributed by atoms with Gasteiger partial charge in [0.1, 0.15) is 0 Å². The Bertz CT molecular complexity index is 134. The van der Waals surface area contributed by atoms with Crippen LogP contribution in [-0.4, -0.2) is 13.2 Å². The summed E-state index contributed by atoms with van der Waals surface area (Å²) in [4.78, 5) is 0. The molecule has 0 N–H and O–H groups in total. The molecule has 0 aliphatic rings. The van der Waals surface area contributed by atoms with Crippen molar-refractivity contribution in [2.45, 2.75) is 27.2 Å². The van der Waals surface area contributed by atoms with E-state index < -0.39 is 0 Å². The van der Waals surface area contributed by atoms with E-state index in [1.54, 1.807) is 0 Å². The second-order valence-corrected chi connectivity index (χ2v) is 2.49. The van der Waals surface area contributed by atoms with Crippen molar-refractivity contribution in [3.63, 3.8) is 0 Å². The Kier molecular flexibility index (Phi) is 7.16. The molecule has 1 heteroatoms. The first kappa shape index (κ1) is 10.4. The smallest absolute Gasteiger partial charge is 0.0676 e. The maximum absolute atomic E-state index is 5.22. The van der Waals surface area contributed by atoms with Gasteiger partial charge in [-0.3, -0.25) is 0 Å². The molecule has 0 fully saturated rings. The predicted octanol–water partition coefficient (Wildman–Crippen LogP) is 2.94. The molecule has 0 heterocycles. The lowest BCUT2D eigenvalue weighted by atomic mass is 10.3. The number of hydrogen-bond donors (Lipinski definition) is 0. The Labute approximate surface area is 69.8 Å². The van der Waals surface area contributed by atoms with Gasteiger partial charge in [0.05, 0.1) is 6.61 Å². The minimum Gasteiger partial charge on any atom is -0.377 e. The molecule has 0 saturated heterocycles. The quantitative estimate of drug-likeness (QED) is 0.553. The van der Waals surface area contributed by atoms with Crippen molar-refractivity contribution in [3.05, 3.63) is 23.8 Å². The molecule has 0 aromatic heterocycles. The molecule has 11 heavy (non-hydrogen) atoms. The summed E-state index contributed by atoms with van der Waals surface area (Å²) >= 11 is 0. The lowest BCUT2D eigenvalue weighted by molar-refractivity contribution is 0.171. The van der Waals surface area contributed by atoms with E-state index in [0.717, 1.165) is 19.6 Å². The summed E-state index contributed by atoms with van der Waals surface area (Å²) in [6.45, 7) is 7.76. The van der Waals surface area contributed by atoms with Crippen LogP contribution < -0.4 is 0 Å². The molecular weight excluding hydrogens is 136 g/mol. The molecule has 0 amide bonds. The fourth-order valence-corrected chi connectivity index (χ4v) is 0.680. The molecule has 0 atom stereocenters. The number of ether oxygens (including phenoxy) is 1. The summed E-state index contributed by atoms with van der Waals surface area (Å²) in [6, 6.07) is 0. The lowest BCUT2D eigenvalue weighted by Crippen LogP contribution is -1.93. The Morgan fingerprint density at radius 1 is 1.36 bits per heavy atom. The van der Waals surface area contributed by atoms with Crippen molar-refractivity contribution >= 4 is 0 Å². The van der Waals surface area contributed by atoms with Crippen LogP contribution in [-0.2, 0) is 4.74 Å². The summed E-state index contributed by atoms with van der Waals surface area (Å²) in [5.41, 5.74) is 1.27. The Morgan fingerprint density at radius 3 is 2.64 bits per heavy atom. The van der Waals surface area contributed by atoms with Crippen LogP contribution in [0.2, 0.25) is 0 Å². The minimum absolute atomic E-state index is 0.755. The van der Waals surface area contributed by atoms with Crippen LogP contribution in [0.5, 0.6) is 0 Å². The Morgan fingerprint density at radius 2 is 2.09 bits per heavy atom. The zero-order valence-electron chi connectivity index (χ0n) is 7.76. The molecule has 1 nitrogen and oxygen atoms in total. The number of hydrogen-bond acceptors (Lipinski definition) is 1. The zero-order valence-corrected chi connectivity index (χ0v) is 7.76. The lowest BCUT2D eigenvalue weighted by Gasteiger charge is -1.98.